The molecule has 0 aliphatic carbocycles. The monoisotopic (exact) mass is 361 g/mol. The van der Waals surface area contributed by atoms with Crippen LogP contribution in [0.5, 0.6) is 0 Å². The van der Waals surface area contributed by atoms with Crippen molar-refractivity contribution >= 4 is 35.2 Å². The Kier molecular flexibility index (Phi) is 6.31. The maximum atomic E-state index is 13.6. The Morgan fingerprint density at radius 1 is 1.16 bits per heavy atom. The maximum Gasteiger partial charge on any atom is 0.331 e. The third kappa shape index (κ3) is 4.90. The molecule has 1 amide bonds. The molecule has 130 valence electrons. The first kappa shape index (κ1) is 18.7. The van der Waals surface area contributed by atoms with Crippen LogP contribution >= 0.6 is 11.6 Å². The number of rotatable bonds is 5. The summed E-state index contributed by atoms with van der Waals surface area (Å²) in [6.45, 7) is 1.48. The van der Waals surface area contributed by atoms with Gasteiger partial charge in [-0.15, -0.1) is 0 Å². The highest BCUT2D eigenvalue weighted by molar-refractivity contribution is 6.32. The van der Waals surface area contributed by atoms with Gasteiger partial charge in [0.1, 0.15) is 5.82 Å². The average molecular weight is 362 g/mol. The number of benzene rings is 2. The fourth-order valence-electron chi connectivity index (χ4n) is 2.14. The zero-order valence-corrected chi connectivity index (χ0v) is 14.5. The van der Waals surface area contributed by atoms with Gasteiger partial charge in [-0.2, -0.15) is 0 Å². The normalized spacial score (nSPS) is 12.0. The van der Waals surface area contributed by atoms with E-state index in [0.717, 1.165) is 6.08 Å². The van der Waals surface area contributed by atoms with Crippen molar-refractivity contribution in [2.45, 2.75) is 13.0 Å². The van der Waals surface area contributed by atoms with Crippen LogP contribution in [0, 0.1) is 5.82 Å². The van der Waals surface area contributed by atoms with E-state index in [0.29, 0.717) is 5.69 Å². The third-order valence-electron chi connectivity index (χ3n) is 3.50. The Bertz CT molecular complexity index is 772. The van der Waals surface area contributed by atoms with Gasteiger partial charge in [0, 0.05) is 24.4 Å². The van der Waals surface area contributed by atoms with Gasteiger partial charge in [-0.25, -0.2) is 9.18 Å². The quantitative estimate of drug-likeness (QED) is 0.595. The molecular weight excluding hydrogens is 345 g/mol. The van der Waals surface area contributed by atoms with E-state index in [9.17, 15) is 14.0 Å². The van der Waals surface area contributed by atoms with Crippen molar-refractivity contribution < 1.29 is 18.7 Å². The van der Waals surface area contributed by atoms with Crippen LogP contribution in [-0.2, 0) is 14.3 Å². The lowest BCUT2D eigenvalue weighted by atomic mass is 10.2. The Morgan fingerprint density at radius 3 is 2.48 bits per heavy atom. The molecule has 0 spiro atoms. The number of carbonyl (C=O) groups is 2. The fourth-order valence-corrected chi connectivity index (χ4v) is 2.36. The molecule has 25 heavy (non-hydrogen) atoms. The summed E-state index contributed by atoms with van der Waals surface area (Å²) in [6.07, 6.45) is 1.27. The fraction of sp³-hybridized carbons (Fsp3) is 0.158. The lowest BCUT2D eigenvalue weighted by molar-refractivity contribution is -0.148. The number of carbonyl (C=O) groups excluding carboxylic acids is 2. The van der Waals surface area contributed by atoms with Crippen LogP contribution in [0.2, 0.25) is 5.02 Å². The largest absolute Gasteiger partial charge is 0.449 e. The van der Waals surface area contributed by atoms with Gasteiger partial charge in [0.05, 0.1) is 5.02 Å². The number of hydrogen-bond donors (Lipinski definition) is 0. The Labute approximate surface area is 150 Å². The summed E-state index contributed by atoms with van der Waals surface area (Å²) in [5, 5.41) is 0.178. The molecule has 0 fully saturated rings. The Balaban J connectivity index is 2.00. The van der Waals surface area contributed by atoms with Crippen molar-refractivity contribution in [3.8, 4) is 0 Å². The molecule has 0 aromatic heterocycles. The summed E-state index contributed by atoms with van der Waals surface area (Å²) in [6, 6.07) is 13.2. The van der Waals surface area contributed by atoms with E-state index < -0.39 is 17.9 Å². The van der Waals surface area contributed by atoms with Crippen molar-refractivity contribution in [2.75, 3.05) is 11.9 Å². The van der Waals surface area contributed by atoms with Gasteiger partial charge in [0.2, 0.25) is 0 Å². The van der Waals surface area contributed by atoms with E-state index in [1.807, 2.05) is 6.07 Å². The van der Waals surface area contributed by atoms with Crippen LogP contribution in [-0.4, -0.2) is 25.0 Å². The topological polar surface area (TPSA) is 46.6 Å². The van der Waals surface area contributed by atoms with Gasteiger partial charge in [0.25, 0.3) is 5.91 Å². The van der Waals surface area contributed by atoms with E-state index in [2.05, 4.69) is 0 Å². The lowest BCUT2D eigenvalue weighted by Crippen LogP contribution is -2.37. The highest BCUT2D eigenvalue weighted by Crippen LogP contribution is 2.20. The molecule has 2 rings (SSSR count). The Hall–Kier alpha value is -2.66. The molecule has 2 aromatic carbocycles. The third-order valence-corrected chi connectivity index (χ3v) is 3.83. The van der Waals surface area contributed by atoms with Crippen LogP contribution in [0.4, 0.5) is 10.1 Å². The van der Waals surface area contributed by atoms with E-state index >= 15 is 0 Å². The average Bonchev–Trinajstić information content (AvgIpc) is 2.60. The van der Waals surface area contributed by atoms with E-state index in [-0.39, 0.29) is 16.5 Å². The van der Waals surface area contributed by atoms with Crippen LogP contribution in [0.1, 0.15) is 12.5 Å². The van der Waals surface area contributed by atoms with Crippen LogP contribution in [0.25, 0.3) is 6.08 Å². The maximum absolute atomic E-state index is 13.6. The van der Waals surface area contributed by atoms with Gasteiger partial charge in [0.15, 0.2) is 6.10 Å². The summed E-state index contributed by atoms with van der Waals surface area (Å²) in [7, 11) is 1.59. The van der Waals surface area contributed by atoms with E-state index in [1.165, 1.54) is 36.1 Å². The number of anilines is 1. The highest BCUT2D eigenvalue weighted by Gasteiger charge is 2.21. The first-order valence-corrected chi connectivity index (χ1v) is 7.93. The molecular formula is C19H17ClFNO3. The summed E-state index contributed by atoms with van der Waals surface area (Å²) in [5.74, 6) is -1.69. The van der Waals surface area contributed by atoms with E-state index in [1.54, 1.807) is 31.3 Å². The second-order valence-electron chi connectivity index (χ2n) is 5.28. The highest BCUT2D eigenvalue weighted by atomic mass is 35.5. The molecule has 6 heteroatoms. The van der Waals surface area contributed by atoms with Crippen LogP contribution in [0.3, 0.4) is 0 Å². The second kappa shape index (κ2) is 8.44. The zero-order chi connectivity index (χ0) is 18.4. The van der Waals surface area contributed by atoms with Crippen molar-refractivity contribution in [3.63, 3.8) is 0 Å². The molecule has 0 aliphatic rings. The molecule has 4 nitrogen and oxygen atoms in total. The molecule has 0 bridgehead atoms. The summed E-state index contributed by atoms with van der Waals surface area (Å²) in [5.41, 5.74) is 0.769. The van der Waals surface area contributed by atoms with Crippen molar-refractivity contribution in [2.24, 2.45) is 0 Å². The number of nitrogens with zero attached hydrogens (tertiary/aromatic N) is 1. The molecule has 0 saturated heterocycles. The number of esters is 1. The molecule has 0 aliphatic heterocycles. The SMILES string of the molecule is CC(OC(=O)C=Cc1c(F)cccc1Cl)C(=O)N(C)c1ccccc1. The van der Waals surface area contributed by atoms with Gasteiger partial charge < -0.3 is 9.64 Å². The molecule has 1 atom stereocenters. The predicted octanol–water partition coefficient (Wildman–Crippen LogP) is 4.09. The van der Waals surface area contributed by atoms with Gasteiger partial charge in [-0.3, -0.25) is 4.79 Å². The van der Waals surface area contributed by atoms with Crippen molar-refractivity contribution in [1.82, 2.24) is 0 Å². The first-order chi connectivity index (χ1) is 11.9. The standard InChI is InChI=1S/C19H17ClFNO3/c1-13(19(24)22(2)14-7-4-3-5-8-14)25-18(23)12-11-15-16(20)9-6-10-17(15)21/h3-13H,1-2H3. The lowest BCUT2D eigenvalue weighted by Gasteiger charge is -2.21. The van der Waals surface area contributed by atoms with Crippen molar-refractivity contribution in [1.29, 1.82) is 0 Å². The van der Waals surface area contributed by atoms with E-state index in [4.69, 9.17) is 16.3 Å². The number of para-hydroxylation sites is 1. The minimum absolute atomic E-state index is 0.0847. The minimum atomic E-state index is -0.988. The minimum Gasteiger partial charge on any atom is -0.449 e. The smallest absolute Gasteiger partial charge is 0.331 e. The number of halogens is 2. The number of ether oxygens (including phenoxy) is 1. The first-order valence-electron chi connectivity index (χ1n) is 7.55. The number of hydrogen-bond acceptors (Lipinski definition) is 3. The van der Waals surface area contributed by atoms with Crippen molar-refractivity contribution in [3.05, 3.63) is 71.0 Å². The number of likely N-dealkylation sites (N-methyl/N-ethyl adjacent to an activating group) is 1. The molecule has 0 heterocycles. The predicted molar refractivity (Wildman–Crippen MR) is 95.9 cm³/mol. The van der Waals surface area contributed by atoms with Crippen LogP contribution < -0.4 is 4.90 Å². The Morgan fingerprint density at radius 2 is 1.84 bits per heavy atom. The molecule has 0 saturated carbocycles. The number of amides is 1. The second-order valence-corrected chi connectivity index (χ2v) is 5.69. The zero-order valence-electron chi connectivity index (χ0n) is 13.8. The summed E-state index contributed by atoms with van der Waals surface area (Å²) < 4.78 is 18.7. The van der Waals surface area contributed by atoms with Gasteiger partial charge in [-0.1, -0.05) is 35.9 Å². The molecule has 0 N–H and O–H groups in total. The van der Waals surface area contributed by atoms with Gasteiger partial charge >= 0.3 is 5.97 Å². The summed E-state index contributed by atoms with van der Waals surface area (Å²) in [4.78, 5) is 25.6. The van der Waals surface area contributed by atoms with Crippen LogP contribution in [0.15, 0.2) is 54.6 Å². The molecule has 0 radical (unpaired) electrons. The molecule has 1 unspecified atom stereocenters. The molecule has 2 aromatic rings. The van der Waals surface area contributed by atoms with Gasteiger partial charge in [-0.05, 0) is 37.3 Å². The summed E-state index contributed by atoms with van der Waals surface area (Å²) >= 11 is 5.87.